The minimum atomic E-state index is -0.735. The van der Waals surface area contributed by atoms with Crippen molar-refractivity contribution in [1.29, 1.82) is 0 Å². The summed E-state index contributed by atoms with van der Waals surface area (Å²) in [5, 5.41) is 1.58. The third-order valence-corrected chi connectivity index (χ3v) is 7.09. The Bertz CT molecular complexity index is 1640. The largest absolute Gasteiger partial charge is 0.493 e. The zero-order valence-corrected chi connectivity index (χ0v) is 23.1. The summed E-state index contributed by atoms with van der Waals surface area (Å²) in [6.45, 7) is 1.87. The maximum atomic E-state index is 13.9. The first-order chi connectivity index (χ1) is 18.3. The van der Waals surface area contributed by atoms with E-state index in [1.807, 2.05) is 43.3 Å². The van der Waals surface area contributed by atoms with Gasteiger partial charge in [-0.05, 0) is 82.4 Å². The van der Waals surface area contributed by atoms with Crippen LogP contribution in [0.4, 0.5) is 16.2 Å². The number of ether oxygens (including phenoxy) is 2. The van der Waals surface area contributed by atoms with Gasteiger partial charge in [-0.2, -0.15) is 0 Å². The summed E-state index contributed by atoms with van der Waals surface area (Å²) in [7, 11) is 3.06. The quantitative estimate of drug-likeness (QED) is 0.148. The summed E-state index contributed by atoms with van der Waals surface area (Å²) in [4.78, 5) is 43.7. The molecule has 0 spiro atoms. The number of fused-ring (bicyclic) bond motifs is 1. The molecule has 4 aromatic rings. The van der Waals surface area contributed by atoms with Crippen molar-refractivity contribution >= 4 is 68.7 Å². The molecule has 0 unspecified atom stereocenters. The van der Waals surface area contributed by atoms with E-state index in [0.29, 0.717) is 28.4 Å². The topological polar surface area (TPSA) is 76.2 Å². The molecule has 0 bridgehead atoms. The van der Waals surface area contributed by atoms with Crippen molar-refractivity contribution in [1.82, 2.24) is 0 Å². The Labute approximate surface area is 233 Å². The number of hydrogen-bond donors (Lipinski definition) is 0. The lowest BCUT2D eigenvalue weighted by Crippen LogP contribution is -2.57. The van der Waals surface area contributed by atoms with Crippen LogP contribution in [0, 0.1) is 10.5 Å². The van der Waals surface area contributed by atoms with Crippen LogP contribution < -0.4 is 19.3 Å². The van der Waals surface area contributed by atoms with Crippen LogP contribution in [0.1, 0.15) is 11.1 Å². The lowest BCUT2D eigenvalue weighted by Gasteiger charge is -2.34. The second-order valence-electron chi connectivity index (χ2n) is 8.70. The van der Waals surface area contributed by atoms with Gasteiger partial charge >= 0.3 is 6.03 Å². The number of barbiturate groups is 1. The van der Waals surface area contributed by atoms with Crippen LogP contribution in [0.3, 0.4) is 0 Å². The van der Waals surface area contributed by atoms with Crippen molar-refractivity contribution in [2.45, 2.75) is 6.92 Å². The molecular formula is C30H23IN2O5. The second kappa shape index (κ2) is 10.3. The van der Waals surface area contributed by atoms with Gasteiger partial charge in [-0.15, -0.1) is 0 Å². The Morgan fingerprint density at radius 3 is 2.24 bits per heavy atom. The average Bonchev–Trinajstić information content (AvgIpc) is 2.91. The molecule has 38 heavy (non-hydrogen) atoms. The fraction of sp³-hybridized carbons (Fsp3) is 0.100. The minimum Gasteiger partial charge on any atom is -0.493 e. The van der Waals surface area contributed by atoms with Crippen molar-refractivity contribution in [3.05, 3.63) is 99.1 Å². The van der Waals surface area contributed by atoms with Crippen LogP contribution in [-0.4, -0.2) is 32.1 Å². The summed E-state index contributed by atoms with van der Waals surface area (Å²) < 4.78 is 11.6. The molecule has 7 nitrogen and oxygen atoms in total. The van der Waals surface area contributed by atoms with Crippen molar-refractivity contribution in [3.8, 4) is 11.5 Å². The summed E-state index contributed by atoms with van der Waals surface area (Å²) in [5.41, 5.74) is 2.06. The third kappa shape index (κ3) is 4.41. The number of halogens is 1. The van der Waals surface area contributed by atoms with Crippen LogP contribution in [0.2, 0.25) is 0 Å². The van der Waals surface area contributed by atoms with E-state index < -0.39 is 17.8 Å². The molecule has 0 radical (unpaired) electrons. The predicted molar refractivity (Wildman–Crippen MR) is 156 cm³/mol. The van der Waals surface area contributed by atoms with Crippen molar-refractivity contribution in [2.75, 3.05) is 24.0 Å². The van der Waals surface area contributed by atoms with Gasteiger partial charge in [0, 0.05) is 5.39 Å². The molecule has 0 aromatic heterocycles. The molecular weight excluding hydrogens is 595 g/mol. The highest BCUT2D eigenvalue weighted by Crippen LogP contribution is 2.37. The monoisotopic (exact) mass is 618 g/mol. The molecule has 1 heterocycles. The molecule has 8 heteroatoms. The first-order valence-electron chi connectivity index (χ1n) is 11.7. The maximum Gasteiger partial charge on any atom is 0.343 e. The summed E-state index contributed by atoms with van der Waals surface area (Å²) in [6.07, 6.45) is 1.49. The highest BCUT2D eigenvalue weighted by Gasteiger charge is 2.44. The molecule has 1 aliphatic rings. The minimum absolute atomic E-state index is 0.151. The highest BCUT2D eigenvalue weighted by atomic mass is 127. The van der Waals surface area contributed by atoms with Gasteiger partial charge in [-0.1, -0.05) is 48.5 Å². The van der Waals surface area contributed by atoms with E-state index in [9.17, 15) is 14.4 Å². The van der Waals surface area contributed by atoms with E-state index in [0.717, 1.165) is 29.7 Å². The van der Waals surface area contributed by atoms with Crippen LogP contribution in [-0.2, 0) is 9.59 Å². The number of aryl methyl sites for hydroxylation is 1. The number of carbonyl (C=O) groups excluding carboxylic acids is 3. The van der Waals surface area contributed by atoms with Crippen molar-refractivity contribution < 1.29 is 23.9 Å². The molecule has 5 rings (SSSR count). The highest BCUT2D eigenvalue weighted by molar-refractivity contribution is 14.1. The van der Waals surface area contributed by atoms with Gasteiger partial charge < -0.3 is 9.47 Å². The zero-order valence-electron chi connectivity index (χ0n) is 20.9. The molecule has 0 atom stereocenters. The Balaban J connectivity index is 1.73. The molecule has 0 N–H and O–H groups in total. The number of amides is 4. The molecule has 1 saturated heterocycles. The van der Waals surface area contributed by atoms with Crippen LogP contribution >= 0.6 is 22.6 Å². The van der Waals surface area contributed by atoms with Crippen LogP contribution in [0.15, 0.2) is 84.4 Å². The van der Waals surface area contributed by atoms with Crippen LogP contribution in [0.5, 0.6) is 11.5 Å². The average molecular weight is 618 g/mol. The summed E-state index contributed by atoms with van der Waals surface area (Å²) >= 11 is 2.10. The Morgan fingerprint density at radius 2 is 1.50 bits per heavy atom. The predicted octanol–water partition coefficient (Wildman–Crippen LogP) is 6.35. The number of nitrogens with zero attached hydrogens (tertiary/aromatic N) is 2. The Kier molecular flexibility index (Phi) is 6.90. The summed E-state index contributed by atoms with van der Waals surface area (Å²) in [6, 6.07) is 22.7. The summed E-state index contributed by atoms with van der Waals surface area (Å²) in [5.74, 6) is -0.401. The number of imide groups is 2. The van der Waals surface area contributed by atoms with E-state index in [-0.39, 0.29) is 5.57 Å². The maximum absolute atomic E-state index is 13.9. The number of rotatable bonds is 5. The van der Waals surface area contributed by atoms with Gasteiger partial charge in [0.1, 0.15) is 5.57 Å². The van der Waals surface area contributed by atoms with E-state index in [4.69, 9.17) is 9.47 Å². The van der Waals surface area contributed by atoms with Gasteiger partial charge in [0.25, 0.3) is 11.8 Å². The third-order valence-electron chi connectivity index (χ3n) is 6.28. The Morgan fingerprint density at radius 1 is 0.789 bits per heavy atom. The molecule has 0 aliphatic carbocycles. The van der Waals surface area contributed by atoms with E-state index >= 15 is 0 Å². The SMILES string of the molecule is COc1cc(/C=C2\C(=O)N(c3cccc(C)c3)C(=O)N(c3cccc4ccccc34)C2=O)cc(I)c1OC. The fourth-order valence-electron chi connectivity index (χ4n) is 4.53. The number of hydrogen-bond acceptors (Lipinski definition) is 5. The second-order valence-corrected chi connectivity index (χ2v) is 9.86. The number of carbonyl (C=O) groups is 3. The lowest BCUT2D eigenvalue weighted by molar-refractivity contribution is -0.121. The number of benzene rings is 4. The molecule has 190 valence electrons. The molecule has 0 saturated carbocycles. The Hall–Kier alpha value is -4.18. The van der Waals surface area contributed by atoms with Crippen molar-refractivity contribution in [2.24, 2.45) is 0 Å². The normalized spacial score (nSPS) is 14.9. The fourth-order valence-corrected chi connectivity index (χ4v) is 5.37. The van der Waals surface area contributed by atoms with Gasteiger partial charge in [0.2, 0.25) is 0 Å². The van der Waals surface area contributed by atoms with Crippen LogP contribution in [0.25, 0.3) is 16.8 Å². The number of anilines is 2. The van der Waals surface area contributed by atoms with E-state index in [1.54, 1.807) is 49.6 Å². The molecule has 4 aromatic carbocycles. The van der Waals surface area contributed by atoms with Gasteiger partial charge in [-0.25, -0.2) is 14.6 Å². The number of urea groups is 1. The van der Waals surface area contributed by atoms with Crippen molar-refractivity contribution in [3.63, 3.8) is 0 Å². The molecule has 1 aliphatic heterocycles. The molecule has 4 amide bonds. The zero-order chi connectivity index (χ0) is 27.0. The van der Waals surface area contributed by atoms with Gasteiger partial charge in [0.05, 0.1) is 29.2 Å². The van der Waals surface area contributed by atoms with Gasteiger partial charge in [-0.3, -0.25) is 9.59 Å². The lowest BCUT2D eigenvalue weighted by atomic mass is 10.0. The standard InChI is InChI=1S/C30H23IN2O5/c1-18-8-6-11-21(14-18)32-28(34)23(15-19-16-24(31)27(38-3)26(17-19)37-2)29(35)33(30(32)36)25-13-7-10-20-9-4-5-12-22(20)25/h4-17H,1-3H3/b23-15+. The van der Waals surface area contributed by atoms with E-state index in [1.165, 1.54) is 13.2 Å². The first kappa shape index (κ1) is 25.5. The van der Waals surface area contributed by atoms with Gasteiger partial charge in [0.15, 0.2) is 11.5 Å². The molecule has 1 fully saturated rings. The number of methoxy groups -OCH3 is 2. The van der Waals surface area contributed by atoms with E-state index in [2.05, 4.69) is 22.6 Å². The smallest absolute Gasteiger partial charge is 0.343 e. The first-order valence-corrected chi connectivity index (χ1v) is 12.8.